The number of aromatic nitrogens is 3. The van der Waals surface area contributed by atoms with Crippen LogP contribution in [0.25, 0.3) is 22.8 Å². The second-order valence-electron chi connectivity index (χ2n) is 6.17. The Bertz CT molecular complexity index is 920. The summed E-state index contributed by atoms with van der Waals surface area (Å²) in [5, 5.41) is 15.5. The molecule has 0 radical (unpaired) electrons. The third-order valence-corrected chi connectivity index (χ3v) is 4.48. The van der Waals surface area contributed by atoms with Crippen molar-refractivity contribution in [2.75, 3.05) is 18.0 Å². The SMILES string of the molecule is O=[N+]([O-])c1cc(-c2noc(-c3ccncc3)n2)ccc1N1CCCCC1. The molecule has 0 bridgehead atoms. The smallest absolute Gasteiger partial charge is 0.293 e. The first-order valence-electron chi connectivity index (χ1n) is 8.50. The van der Waals surface area contributed by atoms with Crippen molar-refractivity contribution in [2.24, 2.45) is 0 Å². The molecule has 0 N–H and O–H groups in total. The summed E-state index contributed by atoms with van der Waals surface area (Å²) in [6.45, 7) is 1.68. The highest BCUT2D eigenvalue weighted by molar-refractivity contribution is 5.72. The van der Waals surface area contributed by atoms with Crippen LogP contribution in [0, 0.1) is 10.1 Å². The van der Waals surface area contributed by atoms with Crippen molar-refractivity contribution in [1.29, 1.82) is 0 Å². The van der Waals surface area contributed by atoms with E-state index in [-0.39, 0.29) is 10.6 Å². The standard InChI is InChI=1S/C18H17N5O3/c24-23(25)16-12-14(4-5-15(16)22-10-2-1-3-11-22)17-20-18(26-21-17)13-6-8-19-9-7-13/h4-9,12H,1-3,10-11H2. The van der Waals surface area contributed by atoms with Crippen LogP contribution in [0.5, 0.6) is 0 Å². The molecule has 132 valence electrons. The van der Waals surface area contributed by atoms with Gasteiger partial charge >= 0.3 is 0 Å². The third kappa shape index (κ3) is 3.13. The van der Waals surface area contributed by atoms with E-state index in [9.17, 15) is 10.1 Å². The Kier molecular flexibility index (Phi) is 4.30. The Morgan fingerprint density at radius 1 is 1.04 bits per heavy atom. The molecule has 0 unspecified atom stereocenters. The highest BCUT2D eigenvalue weighted by atomic mass is 16.6. The molecule has 1 aliphatic rings. The zero-order chi connectivity index (χ0) is 17.9. The van der Waals surface area contributed by atoms with Gasteiger partial charge in [0.1, 0.15) is 5.69 Å². The molecule has 26 heavy (non-hydrogen) atoms. The van der Waals surface area contributed by atoms with Crippen LogP contribution >= 0.6 is 0 Å². The number of piperidine rings is 1. The van der Waals surface area contributed by atoms with Crippen LogP contribution in [0.4, 0.5) is 11.4 Å². The molecular weight excluding hydrogens is 334 g/mol. The van der Waals surface area contributed by atoms with E-state index in [0.29, 0.717) is 23.0 Å². The topological polar surface area (TPSA) is 98.2 Å². The van der Waals surface area contributed by atoms with Crippen molar-refractivity contribution >= 4 is 11.4 Å². The number of nitro benzene ring substituents is 1. The summed E-state index contributed by atoms with van der Waals surface area (Å²) in [6.07, 6.45) is 6.55. The monoisotopic (exact) mass is 351 g/mol. The maximum atomic E-state index is 11.6. The number of benzene rings is 1. The number of rotatable bonds is 4. The van der Waals surface area contributed by atoms with Gasteiger partial charge < -0.3 is 9.42 Å². The fourth-order valence-electron chi connectivity index (χ4n) is 3.16. The molecule has 3 aromatic rings. The zero-order valence-electron chi connectivity index (χ0n) is 14.0. The summed E-state index contributed by atoms with van der Waals surface area (Å²) in [7, 11) is 0. The van der Waals surface area contributed by atoms with E-state index in [1.54, 1.807) is 36.7 Å². The average Bonchev–Trinajstić information content (AvgIpc) is 3.19. The lowest BCUT2D eigenvalue weighted by Crippen LogP contribution is -2.29. The Morgan fingerprint density at radius 3 is 2.54 bits per heavy atom. The van der Waals surface area contributed by atoms with Gasteiger partial charge in [-0.05, 0) is 43.5 Å². The van der Waals surface area contributed by atoms with Crippen molar-refractivity contribution in [1.82, 2.24) is 15.1 Å². The van der Waals surface area contributed by atoms with Gasteiger partial charge in [-0.3, -0.25) is 15.1 Å². The van der Waals surface area contributed by atoms with Gasteiger partial charge in [-0.15, -0.1) is 0 Å². The quantitative estimate of drug-likeness (QED) is 0.522. The minimum Gasteiger partial charge on any atom is -0.366 e. The Hall–Kier alpha value is -3.29. The van der Waals surface area contributed by atoms with Crippen molar-refractivity contribution < 1.29 is 9.45 Å². The Labute approximate surface area is 149 Å². The predicted octanol–water partition coefficient (Wildman–Crippen LogP) is 3.70. The maximum absolute atomic E-state index is 11.6. The normalized spacial score (nSPS) is 14.4. The van der Waals surface area contributed by atoms with Gasteiger partial charge in [0, 0.05) is 42.7 Å². The molecule has 0 aliphatic carbocycles. The number of anilines is 1. The van der Waals surface area contributed by atoms with Crippen molar-refractivity contribution in [3.05, 3.63) is 52.8 Å². The molecule has 1 aromatic carbocycles. The minimum atomic E-state index is -0.350. The van der Waals surface area contributed by atoms with Gasteiger partial charge in [0.15, 0.2) is 0 Å². The summed E-state index contributed by atoms with van der Waals surface area (Å²) >= 11 is 0. The molecule has 0 atom stereocenters. The predicted molar refractivity (Wildman–Crippen MR) is 95.7 cm³/mol. The fourth-order valence-corrected chi connectivity index (χ4v) is 3.16. The lowest BCUT2D eigenvalue weighted by atomic mass is 10.1. The highest BCUT2D eigenvalue weighted by Gasteiger charge is 2.23. The summed E-state index contributed by atoms with van der Waals surface area (Å²) < 4.78 is 5.28. The molecule has 1 saturated heterocycles. The first-order chi connectivity index (χ1) is 12.7. The van der Waals surface area contributed by atoms with Crippen molar-refractivity contribution in [3.63, 3.8) is 0 Å². The third-order valence-electron chi connectivity index (χ3n) is 4.48. The molecular formula is C18H17N5O3. The molecule has 4 rings (SSSR count). The van der Waals surface area contributed by atoms with Gasteiger partial charge in [-0.1, -0.05) is 5.16 Å². The second-order valence-corrected chi connectivity index (χ2v) is 6.17. The van der Waals surface area contributed by atoms with E-state index in [1.807, 2.05) is 0 Å². The number of pyridine rings is 1. The van der Waals surface area contributed by atoms with E-state index in [1.165, 1.54) is 12.5 Å². The Balaban J connectivity index is 1.68. The van der Waals surface area contributed by atoms with Crippen LogP contribution in [0.1, 0.15) is 19.3 Å². The summed E-state index contributed by atoms with van der Waals surface area (Å²) in [6, 6.07) is 8.63. The van der Waals surface area contributed by atoms with E-state index in [0.717, 1.165) is 31.5 Å². The lowest BCUT2D eigenvalue weighted by molar-refractivity contribution is -0.384. The number of nitro groups is 1. The summed E-state index contributed by atoms with van der Waals surface area (Å²) in [4.78, 5) is 21.6. The molecule has 0 saturated carbocycles. The van der Waals surface area contributed by atoms with Crippen LogP contribution in [0.2, 0.25) is 0 Å². The van der Waals surface area contributed by atoms with Crippen LogP contribution in [-0.2, 0) is 0 Å². The second kappa shape index (κ2) is 6.91. The molecule has 1 aliphatic heterocycles. The molecule has 8 nitrogen and oxygen atoms in total. The molecule has 1 fully saturated rings. The van der Waals surface area contributed by atoms with Crippen LogP contribution in [-0.4, -0.2) is 33.1 Å². The van der Waals surface area contributed by atoms with Crippen LogP contribution in [0.15, 0.2) is 47.2 Å². The van der Waals surface area contributed by atoms with Gasteiger partial charge in [0.25, 0.3) is 11.6 Å². The number of nitrogens with zero attached hydrogens (tertiary/aromatic N) is 5. The molecule has 0 amide bonds. The molecule has 8 heteroatoms. The van der Waals surface area contributed by atoms with E-state index < -0.39 is 0 Å². The molecule has 2 aromatic heterocycles. The van der Waals surface area contributed by atoms with E-state index in [2.05, 4.69) is 20.0 Å². The minimum absolute atomic E-state index is 0.0691. The first-order valence-corrected chi connectivity index (χ1v) is 8.50. The summed E-state index contributed by atoms with van der Waals surface area (Å²) in [5.41, 5.74) is 2.02. The average molecular weight is 351 g/mol. The summed E-state index contributed by atoms with van der Waals surface area (Å²) in [5.74, 6) is 0.676. The highest BCUT2D eigenvalue weighted by Crippen LogP contribution is 2.34. The Morgan fingerprint density at radius 2 is 1.81 bits per heavy atom. The maximum Gasteiger partial charge on any atom is 0.293 e. The van der Waals surface area contributed by atoms with Crippen molar-refractivity contribution in [2.45, 2.75) is 19.3 Å². The van der Waals surface area contributed by atoms with E-state index >= 15 is 0 Å². The van der Waals surface area contributed by atoms with Crippen molar-refractivity contribution in [3.8, 4) is 22.8 Å². The van der Waals surface area contributed by atoms with Gasteiger partial charge in [0.05, 0.1) is 4.92 Å². The zero-order valence-corrected chi connectivity index (χ0v) is 14.0. The van der Waals surface area contributed by atoms with Gasteiger partial charge in [-0.25, -0.2) is 0 Å². The molecule has 3 heterocycles. The largest absolute Gasteiger partial charge is 0.366 e. The van der Waals surface area contributed by atoms with Gasteiger partial charge in [0.2, 0.25) is 5.82 Å². The lowest BCUT2D eigenvalue weighted by Gasteiger charge is -2.28. The number of hydrogen-bond acceptors (Lipinski definition) is 7. The van der Waals surface area contributed by atoms with Gasteiger partial charge in [-0.2, -0.15) is 4.98 Å². The van der Waals surface area contributed by atoms with Crippen LogP contribution < -0.4 is 4.90 Å². The van der Waals surface area contributed by atoms with Crippen LogP contribution in [0.3, 0.4) is 0 Å². The first kappa shape index (κ1) is 16.2. The number of hydrogen-bond donors (Lipinski definition) is 0. The molecule has 0 spiro atoms. The fraction of sp³-hybridized carbons (Fsp3) is 0.278. The van der Waals surface area contributed by atoms with E-state index in [4.69, 9.17) is 4.52 Å².